The lowest BCUT2D eigenvalue weighted by Crippen LogP contribution is -2.60. The van der Waals surface area contributed by atoms with Crippen LogP contribution in [0.4, 0.5) is 4.79 Å². The average Bonchev–Trinajstić information content (AvgIpc) is 4.06. The molecule has 56 heavy (non-hydrogen) atoms. The minimum atomic E-state index is -3.89. The summed E-state index contributed by atoms with van der Waals surface area (Å²) in [6.45, 7) is 8.94. The number of hydrogen-bond donors (Lipinski definition) is 4. The molecule has 2 aromatic rings. The molecule has 306 valence electrons. The number of hydrogen-bond acceptors (Lipinski definition) is 11. The topological polar surface area (TPSA) is 208 Å². The fraction of sp³-hybridized carbons (Fsp3) is 0.675. The van der Waals surface area contributed by atoms with Crippen LogP contribution in [0.15, 0.2) is 24.3 Å². The maximum absolute atomic E-state index is 14.8. The van der Waals surface area contributed by atoms with Crippen LogP contribution in [0.2, 0.25) is 0 Å². The number of benzene rings is 1. The molecule has 0 unspecified atom stereocenters. The molecule has 3 heterocycles. The van der Waals surface area contributed by atoms with Crippen LogP contribution in [0.1, 0.15) is 105 Å². The predicted octanol–water partition coefficient (Wildman–Crippen LogP) is 3.81. The fourth-order valence-corrected chi connectivity index (χ4v) is 9.88. The highest BCUT2D eigenvalue weighted by Gasteiger charge is 2.63. The number of sulfonamides is 1. The Kier molecular flexibility index (Phi) is 10.2. The number of nitrogens with one attached hydrogen (secondary N) is 3. The van der Waals surface area contributed by atoms with Crippen LogP contribution in [0, 0.1) is 17.3 Å². The number of rotatable bonds is 7. The van der Waals surface area contributed by atoms with Crippen molar-refractivity contribution in [3.8, 4) is 11.5 Å². The van der Waals surface area contributed by atoms with Crippen molar-refractivity contribution in [1.82, 2.24) is 25.2 Å². The first kappa shape index (κ1) is 40.0. The third-order valence-electron chi connectivity index (χ3n) is 12.4. The average molecular weight is 797 g/mol. The SMILES string of the molecule is CC[C@@H]1C[C@]1(NC(=O)[C@@H]1C[C@]2(N)CN1C(=O)[C@H](C(C)(C)C)NC(=O)O[C@]1(C)C[C@H]1CCCCCc1nc3ccc(OC)cc3cc1O2)C(=O)NS(=O)(=O)C1CC1. The zero-order valence-electron chi connectivity index (χ0n) is 33.2. The van der Waals surface area contributed by atoms with Crippen molar-refractivity contribution >= 4 is 44.7 Å². The van der Waals surface area contributed by atoms with Gasteiger partial charge in [0.25, 0.3) is 5.91 Å². The monoisotopic (exact) mass is 796 g/mol. The van der Waals surface area contributed by atoms with E-state index in [1.54, 1.807) is 27.9 Å². The van der Waals surface area contributed by atoms with Gasteiger partial charge in [0.1, 0.15) is 34.7 Å². The predicted molar refractivity (Wildman–Crippen MR) is 207 cm³/mol. The number of amides is 4. The number of alkyl carbamates (subject to hydrolysis) is 1. The van der Waals surface area contributed by atoms with Gasteiger partial charge in [0.05, 0.1) is 30.1 Å². The lowest BCUT2D eigenvalue weighted by atomic mass is 9.85. The fourth-order valence-electron chi connectivity index (χ4n) is 8.52. The van der Waals surface area contributed by atoms with E-state index >= 15 is 0 Å². The van der Waals surface area contributed by atoms with Crippen LogP contribution in [-0.2, 0) is 35.6 Å². The number of carbonyl (C=O) groups excluding carboxylic acids is 4. The van der Waals surface area contributed by atoms with Gasteiger partial charge in [-0.3, -0.25) is 24.8 Å². The van der Waals surface area contributed by atoms with E-state index in [0.29, 0.717) is 42.9 Å². The minimum absolute atomic E-state index is 0.171. The molecule has 5 N–H and O–H groups in total. The van der Waals surface area contributed by atoms with E-state index in [9.17, 15) is 27.6 Å². The number of ether oxygens (including phenoxy) is 3. The summed E-state index contributed by atoms with van der Waals surface area (Å²) in [5.41, 5.74) is 3.95. The minimum Gasteiger partial charge on any atom is -0.497 e. The maximum Gasteiger partial charge on any atom is 0.408 e. The molecule has 16 heteroatoms. The Balaban J connectivity index is 1.25. The first-order valence-corrected chi connectivity index (χ1v) is 21.5. The van der Waals surface area contributed by atoms with Crippen molar-refractivity contribution in [1.29, 1.82) is 0 Å². The molecule has 15 nitrogen and oxygen atoms in total. The van der Waals surface area contributed by atoms with Crippen LogP contribution in [0.25, 0.3) is 10.9 Å². The van der Waals surface area contributed by atoms with Gasteiger partial charge in [-0.05, 0) is 87.5 Å². The molecule has 2 bridgehead atoms. The molecule has 4 fully saturated rings. The molecular weight excluding hydrogens is 741 g/mol. The number of carbonyl (C=O) groups is 4. The Hall–Kier alpha value is -4.18. The second kappa shape index (κ2) is 14.3. The summed E-state index contributed by atoms with van der Waals surface area (Å²) in [6, 6.07) is 5.04. The van der Waals surface area contributed by atoms with Gasteiger partial charge in [-0.15, -0.1) is 0 Å². The number of fused-ring (bicyclic) bond motifs is 5. The van der Waals surface area contributed by atoms with E-state index in [-0.39, 0.29) is 31.2 Å². The molecule has 3 saturated carbocycles. The molecule has 7 atom stereocenters. The summed E-state index contributed by atoms with van der Waals surface area (Å²) >= 11 is 0. The molecule has 4 amide bonds. The lowest BCUT2D eigenvalue weighted by Gasteiger charge is -2.36. The van der Waals surface area contributed by atoms with Crippen LogP contribution in [-0.4, -0.2) is 90.0 Å². The zero-order chi connectivity index (χ0) is 40.4. The van der Waals surface area contributed by atoms with E-state index in [1.165, 1.54) is 4.90 Å². The van der Waals surface area contributed by atoms with Gasteiger partial charge in [0, 0.05) is 17.7 Å². The number of aromatic nitrogens is 1. The molecule has 5 aliphatic rings. The highest BCUT2D eigenvalue weighted by atomic mass is 32.2. The number of aryl methyl sites for hydroxylation is 1. The first-order valence-electron chi connectivity index (χ1n) is 19.9. The highest BCUT2D eigenvalue weighted by molar-refractivity contribution is 7.91. The molecule has 1 saturated heterocycles. The summed E-state index contributed by atoms with van der Waals surface area (Å²) in [5, 5.41) is 5.80. The second-order valence-electron chi connectivity index (χ2n) is 17.9. The quantitative estimate of drug-likeness (QED) is 0.317. The van der Waals surface area contributed by atoms with Gasteiger partial charge >= 0.3 is 6.09 Å². The van der Waals surface area contributed by atoms with Crippen LogP contribution in [0.5, 0.6) is 11.5 Å². The largest absolute Gasteiger partial charge is 0.497 e. The Morgan fingerprint density at radius 3 is 2.48 bits per heavy atom. The summed E-state index contributed by atoms with van der Waals surface area (Å²) in [6.07, 6.45) is 5.66. The number of nitrogens with zero attached hydrogens (tertiary/aromatic N) is 2. The van der Waals surface area contributed by atoms with Crippen LogP contribution >= 0.6 is 0 Å². The van der Waals surface area contributed by atoms with Crippen molar-refractivity contribution in [2.45, 2.75) is 139 Å². The van der Waals surface area contributed by atoms with Crippen molar-refractivity contribution in [3.05, 3.63) is 30.0 Å². The molecular formula is C40H56N6O9S. The van der Waals surface area contributed by atoms with Crippen LogP contribution in [0.3, 0.4) is 0 Å². The molecule has 7 rings (SSSR count). The smallest absolute Gasteiger partial charge is 0.408 e. The summed E-state index contributed by atoms with van der Waals surface area (Å²) in [5.74, 6) is -1.12. The standard InChI is InChI=1S/C40H56N6O9S/c1-7-24-20-40(24,35(49)45-56(51,52)27-14-15-27)44-33(47)30-21-39(41)22-46(30)34(48)32(37(2,3)4)43-36(50)55-38(5)19-25(38)11-9-8-10-12-29-31(54-39)18-23-17-26(53-6)13-16-28(23)42-29/h13,16-18,24-25,27,30,32H,7-12,14-15,19-22,41H2,1-6H3,(H,43,50)(H,44,47)(H,45,49)/t24-,25-,30+,32-,38-,39-,40-/m1/s1. The number of pyridine rings is 1. The zero-order valence-corrected chi connectivity index (χ0v) is 34.1. The number of methoxy groups -OCH3 is 1. The molecule has 2 aliphatic heterocycles. The lowest BCUT2D eigenvalue weighted by molar-refractivity contribution is -0.143. The van der Waals surface area contributed by atoms with Gasteiger partial charge in [0.15, 0.2) is 5.72 Å². The second-order valence-corrected chi connectivity index (χ2v) is 19.9. The molecule has 0 radical (unpaired) electrons. The van der Waals surface area contributed by atoms with E-state index in [0.717, 1.165) is 43.0 Å². The van der Waals surface area contributed by atoms with Gasteiger partial charge in [-0.25, -0.2) is 18.2 Å². The summed E-state index contributed by atoms with van der Waals surface area (Å²) in [7, 11) is -2.31. The summed E-state index contributed by atoms with van der Waals surface area (Å²) < 4.78 is 45.9. The molecule has 1 aromatic carbocycles. The molecule has 3 aliphatic carbocycles. The van der Waals surface area contributed by atoms with E-state index < -0.39 is 73.5 Å². The van der Waals surface area contributed by atoms with E-state index in [4.69, 9.17) is 24.9 Å². The highest BCUT2D eigenvalue weighted by Crippen LogP contribution is 2.50. The van der Waals surface area contributed by atoms with Gasteiger partial charge in [0.2, 0.25) is 21.8 Å². The third-order valence-corrected chi connectivity index (χ3v) is 14.2. The van der Waals surface area contributed by atoms with E-state index in [2.05, 4.69) is 15.4 Å². The molecule has 0 spiro atoms. The van der Waals surface area contributed by atoms with Crippen LogP contribution < -0.4 is 30.6 Å². The van der Waals surface area contributed by atoms with Crippen molar-refractivity contribution in [2.24, 2.45) is 23.0 Å². The van der Waals surface area contributed by atoms with Gasteiger partial charge in [-0.1, -0.05) is 47.0 Å². The molecule has 1 aromatic heterocycles. The van der Waals surface area contributed by atoms with Crippen molar-refractivity contribution < 1.29 is 41.8 Å². The van der Waals surface area contributed by atoms with Gasteiger partial charge in [-0.2, -0.15) is 0 Å². The van der Waals surface area contributed by atoms with Crippen molar-refractivity contribution in [2.75, 3.05) is 13.7 Å². The third kappa shape index (κ3) is 8.00. The maximum atomic E-state index is 14.8. The van der Waals surface area contributed by atoms with Crippen molar-refractivity contribution in [3.63, 3.8) is 0 Å². The summed E-state index contributed by atoms with van der Waals surface area (Å²) in [4.78, 5) is 62.7. The Labute approximate surface area is 328 Å². The van der Waals surface area contributed by atoms with Gasteiger partial charge < -0.3 is 29.7 Å². The normalized spacial score (nSPS) is 32.4. The number of nitrogens with two attached hydrogens (primary N) is 1. The first-order chi connectivity index (χ1) is 26.3. The Morgan fingerprint density at radius 1 is 1.07 bits per heavy atom. The van der Waals surface area contributed by atoms with E-state index in [1.807, 2.05) is 38.1 Å². The Bertz CT molecular complexity index is 2030. The Morgan fingerprint density at radius 2 is 1.82 bits per heavy atom.